The summed E-state index contributed by atoms with van der Waals surface area (Å²) in [6.07, 6.45) is 1.00. The molecule has 208 valence electrons. The Balaban J connectivity index is 1.74. The fraction of sp³-hybridized carbons (Fsp3) is 0.462. The molecule has 2 atom stereocenters. The van der Waals surface area contributed by atoms with Crippen LogP contribution < -0.4 is 10.2 Å². The van der Waals surface area contributed by atoms with Crippen molar-refractivity contribution in [1.82, 2.24) is 10.2 Å². The van der Waals surface area contributed by atoms with Crippen molar-refractivity contribution in [3.05, 3.63) is 59.7 Å². The van der Waals surface area contributed by atoms with Crippen LogP contribution in [0.25, 0.3) is 0 Å². The molecule has 2 amide bonds. The number of anilines is 1. The van der Waals surface area contributed by atoms with Crippen LogP contribution in [-0.4, -0.2) is 77.6 Å². The first-order valence-corrected chi connectivity index (χ1v) is 13.9. The van der Waals surface area contributed by atoms with E-state index in [1.165, 1.54) is 31.1 Å². The minimum atomic E-state index is -3.40. The second-order valence-corrected chi connectivity index (χ2v) is 11.4. The van der Waals surface area contributed by atoms with E-state index in [1.54, 1.807) is 43.3 Å². The monoisotopic (exact) mass is 553 g/mol. The first-order valence-electron chi connectivity index (χ1n) is 12.3. The number of carbonyl (C=O) groups excluding carboxylic acids is 2. The molecular formula is C26H33F2N3O6S. The van der Waals surface area contributed by atoms with Gasteiger partial charge in [-0.2, -0.15) is 8.78 Å². The van der Waals surface area contributed by atoms with Gasteiger partial charge in [0.2, 0.25) is 0 Å². The molecule has 9 nitrogen and oxygen atoms in total. The van der Waals surface area contributed by atoms with Gasteiger partial charge in [0.05, 0.1) is 29.3 Å². The summed E-state index contributed by atoms with van der Waals surface area (Å²) in [5.74, 6) is -0.466. The summed E-state index contributed by atoms with van der Waals surface area (Å²) >= 11 is 0. The van der Waals surface area contributed by atoms with Gasteiger partial charge in [-0.15, -0.1) is 0 Å². The Morgan fingerprint density at radius 3 is 2.34 bits per heavy atom. The van der Waals surface area contributed by atoms with Gasteiger partial charge in [-0.25, -0.2) is 13.2 Å². The molecule has 2 aromatic carbocycles. The molecule has 0 radical (unpaired) electrons. The Labute approximate surface area is 221 Å². The van der Waals surface area contributed by atoms with E-state index in [0.717, 1.165) is 18.5 Å². The molecule has 2 aromatic rings. The van der Waals surface area contributed by atoms with Crippen molar-refractivity contribution in [2.75, 3.05) is 44.5 Å². The summed E-state index contributed by atoms with van der Waals surface area (Å²) in [5.41, 5.74) is 1.71. The van der Waals surface area contributed by atoms with Crippen molar-refractivity contribution in [2.24, 2.45) is 0 Å². The van der Waals surface area contributed by atoms with E-state index in [9.17, 15) is 26.8 Å². The van der Waals surface area contributed by atoms with E-state index < -0.39 is 34.5 Å². The van der Waals surface area contributed by atoms with E-state index in [2.05, 4.69) is 10.1 Å². The third kappa shape index (κ3) is 7.64. The van der Waals surface area contributed by atoms with E-state index in [4.69, 9.17) is 4.74 Å². The summed E-state index contributed by atoms with van der Waals surface area (Å²) in [4.78, 5) is 28.5. The van der Waals surface area contributed by atoms with E-state index in [1.807, 2.05) is 4.90 Å². The minimum absolute atomic E-state index is 0.0413. The maximum Gasteiger partial charge on any atom is 0.409 e. The highest BCUT2D eigenvalue weighted by Crippen LogP contribution is 2.27. The molecule has 0 saturated carbocycles. The number of sulfone groups is 1. The normalized spacial score (nSPS) is 16.4. The highest BCUT2D eigenvalue weighted by molar-refractivity contribution is 7.91. The second-order valence-electron chi connectivity index (χ2n) is 9.10. The lowest BCUT2D eigenvalue weighted by molar-refractivity contribution is -0.131. The number of nitrogens with one attached hydrogen (secondary N) is 1. The summed E-state index contributed by atoms with van der Waals surface area (Å²) in [6.45, 7) is -0.808. The van der Waals surface area contributed by atoms with Gasteiger partial charge in [-0.3, -0.25) is 4.79 Å². The first-order chi connectivity index (χ1) is 18.0. The predicted octanol–water partition coefficient (Wildman–Crippen LogP) is 3.86. The maximum atomic E-state index is 13.1. The smallest absolute Gasteiger partial charge is 0.409 e. The standard InChI is InChI=1S/C26H33F2N3O6S/c1-4-38(34,35)22-13-9-18(10-14-22)23(17-37-26(33)30(2)3)29-24(32)19-7-11-20(12-8-19)31-15-5-6-21(31)16-36-25(27)28/h7-14,21,23,25H,4-6,15-17H2,1-3H3,(H,29,32)/t21-,23-/m0/s1. The molecule has 0 aliphatic carbocycles. The van der Waals surface area contributed by atoms with Crippen molar-refractivity contribution in [3.8, 4) is 0 Å². The van der Waals surface area contributed by atoms with Gasteiger partial charge in [-0.05, 0) is 54.8 Å². The van der Waals surface area contributed by atoms with Crippen molar-refractivity contribution < 1.29 is 36.3 Å². The van der Waals surface area contributed by atoms with Crippen LogP contribution in [0.4, 0.5) is 19.3 Å². The van der Waals surface area contributed by atoms with Crippen LogP contribution in [0.15, 0.2) is 53.4 Å². The van der Waals surface area contributed by atoms with Crippen LogP contribution in [0, 0.1) is 0 Å². The topological polar surface area (TPSA) is 105 Å². The van der Waals surface area contributed by atoms with Crippen LogP contribution >= 0.6 is 0 Å². The molecule has 1 aliphatic rings. The average molecular weight is 554 g/mol. The number of rotatable bonds is 11. The van der Waals surface area contributed by atoms with Gasteiger partial charge < -0.3 is 24.6 Å². The molecule has 1 saturated heterocycles. The molecule has 12 heteroatoms. The fourth-order valence-corrected chi connectivity index (χ4v) is 5.04. The molecule has 1 aliphatic heterocycles. The Morgan fingerprint density at radius 1 is 1.11 bits per heavy atom. The van der Waals surface area contributed by atoms with Gasteiger partial charge in [-0.1, -0.05) is 19.1 Å². The van der Waals surface area contributed by atoms with Gasteiger partial charge in [0, 0.05) is 31.9 Å². The van der Waals surface area contributed by atoms with E-state index >= 15 is 0 Å². The van der Waals surface area contributed by atoms with Crippen molar-refractivity contribution in [2.45, 2.75) is 43.4 Å². The van der Waals surface area contributed by atoms with Crippen LogP contribution in [-0.2, 0) is 19.3 Å². The lowest BCUT2D eigenvalue weighted by Crippen LogP contribution is -2.34. The number of alkyl halides is 2. The third-order valence-corrected chi connectivity index (χ3v) is 8.07. The lowest BCUT2D eigenvalue weighted by Gasteiger charge is -2.27. The number of nitrogens with zero attached hydrogens (tertiary/aromatic N) is 2. The Bertz CT molecular complexity index is 1190. The van der Waals surface area contributed by atoms with Gasteiger partial charge in [0.1, 0.15) is 6.61 Å². The number of halogens is 2. The molecule has 1 N–H and O–H groups in total. The Kier molecular flexibility index (Phi) is 10.0. The summed E-state index contributed by atoms with van der Waals surface area (Å²) in [5, 5.41) is 2.85. The molecule has 0 bridgehead atoms. The zero-order chi connectivity index (χ0) is 27.9. The summed E-state index contributed by atoms with van der Waals surface area (Å²) in [7, 11) is -0.327. The molecule has 38 heavy (non-hydrogen) atoms. The van der Waals surface area contributed by atoms with Crippen LogP contribution in [0.1, 0.15) is 41.7 Å². The number of carbonyl (C=O) groups is 2. The number of hydrogen-bond acceptors (Lipinski definition) is 7. The van der Waals surface area contributed by atoms with Crippen molar-refractivity contribution in [3.63, 3.8) is 0 Å². The van der Waals surface area contributed by atoms with Gasteiger partial charge >= 0.3 is 12.7 Å². The minimum Gasteiger partial charge on any atom is -0.447 e. The van der Waals surface area contributed by atoms with Gasteiger partial charge in [0.25, 0.3) is 5.91 Å². The average Bonchev–Trinajstić information content (AvgIpc) is 3.38. The number of ether oxygens (including phenoxy) is 2. The second kappa shape index (κ2) is 13.0. The molecule has 0 spiro atoms. The number of hydrogen-bond donors (Lipinski definition) is 1. The van der Waals surface area contributed by atoms with Crippen LogP contribution in [0.3, 0.4) is 0 Å². The van der Waals surface area contributed by atoms with Crippen molar-refractivity contribution >= 4 is 27.5 Å². The SMILES string of the molecule is CCS(=O)(=O)c1ccc([C@H](COC(=O)N(C)C)NC(=O)c2ccc(N3CCC[C@H]3COC(F)F)cc2)cc1. The molecule has 3 rings (SSSR count). The summed E-state index contributed by atoms with van der Waals surface area (Å²) in [6, 6.07) is 11.9. The highest BCUT2D eigenvalue weighted by atomic mass is 32.2. The number of benzene rings is 2. The zero-order valence-corrected chi connectivity index (χ0v) is 22.4. The zero-order valence-electron chi connectivity index (χ0n) is 21.6. The molecular weight excluding hydrogens is 520 g/mol. The predicted molar refractivity (Wildman–Crippen MR) is 138 cm³/mol. The summed E-state index contributed by atoms with van der Waals surface area (Å²) < 4.78 is 59.1. The molecule has 1 fully saturated rings. The van der Waals surface area contributed by atoms with E-state index in [-0.39, 0.29) is 29.9 Å². The lowest BCUT2D eigenvalue weighted by atomic mass is 10.1. The van der Waals surface area contributed by atoms with Crippen LogP contribution in [0.5, 0.6) is 0 Å². The number of amides is 2. The quantitative estimate of drug-likeness (QED) is 0.451. The maximum absolute atomic E-state index is 13.1. The third-order valence-electron chi connectivity index (χ3n) is 6.32. The largest absolute Gasteiger partial charge is 0.447 e. The van der Waals surface area contributed by atoms with E-state index in [0.29, 0.717) is 17.7 Å². The molecule has 0 aromatic heterocycles. The van der Waals surface area contributed by atoms with Crippen molar-refractivity contribution in [1.29, 1.82) is 0 Å². The molecule has 1 heterocycles. The Hall–Kier alpha value is -3.25. The fourth-order valence-electron chi connectivity index (χ4n) is 4.16. The van der Waals surface area contributed by atoms with Crippen LogP contribution in [0.2, 0.25) is 0 Å². The highest BCUT2D eigenvalue weighted by Gasteiger charge is 2.26. The van der Waals surface area contributed by atoms with Gasteiger partial charge in [0.15, 0.2) is 9.84 Å². The molecule has 0 unspecified atom stereocenters. The Morgan fingerprint density at radius 2 is 1.76 bits per heavy atom. The first kappa shape index (κ1) is 29.3.